The second kappa shape index (κ2) is 10.6. The van der Waals surface area contributed by atoms with E-state index in [-0.39, 0.29) is 12.3 Å². The van der Waals surface area contributed by atoms with E-state index in [9.17, 15) is 14.7 Å². The molecule has 0 aromatic heterocycles. The molecule has 0 unspecified atom stereocenters. The van der Waals surface area contributed by atoms with Crippen molar-refractivity contribution in [2.45, 2.75) is 49.4 Å². The largest absolute Gasteiger partial charge is 0.480 e. The number of hydrogen-bond acceptors (Lipinski definition) is 4. The summed E-state index contributed by atoms with van der Waals surface area (Å²) < 4.78 is -1.34. The molecule has 1 aliphatic heterocycles. The summed E-state index contributed by atoms with van der Waals surface area (Å²) in [6.45, 7) is 8.37. The molecule has 1 aliphatic rings. The lowest BCUT2D eigenvalue weighted by atomic mass is 9.92. The number of carbonyl (C=O) groups excluding carboxylic acids is 1. The van der Waals surface area contributed by atoms with E-state index < -0.39 is 16.8 Å². The highest BCUT2D eigenvalue weighted by Crippen LogP contribution is 2.53. The standard InChI is InChI=1S/C29H32N2O3S/c1-4-30(5-2)24-15-13-23(14-16-24)27-29(28(33)34,35-25-17-11-21(3)12-18-25)19-26(32)31(27)20-22-9-7-6-8-10-22/h6-18,27H,4-5,19-20H2,1-3H3,(H,33,34)/t27-,29-/m1/s1. The van der Waals surface area contributed by atoms with Crippen LogP contribution in [0.1, 0.15) is 43.0 Å². The molecule has 35 heavy (non-hydrogen) atoms. The van der Waals surface area contributed by atoms with Gasteiger partial charge in [-0.3, -0.25) is 9.59 Å². The van der Waals surface area contributed by atoms with Crippen molar-refractivity contribution in [1.29, 1.82) is 0 Å². The molecule has 0 radical (unpaired) electrons. The number of carbonyl (C=O) groups is 2. The van der Waals surface area contributed by atoms with Gasteiger partial charge in [0.05, 0.1) is 12.5 Å². The molecule has 0 spiro atoms. The van der Waals surface area contributed by atoms with Crippen LogP contribution in [0.3, 0.4) is 0 Å². The van der Waals surface area contributed by atoms with Gasteiger partial charge in [-0.25, -0.2) is 0 Å². The van der Waals surface area contributed by atoms with Gasteiger partial charge in [-0.1, -0.05) is 60.2 Å². The van der Waals surface area contributed by atoms with Crippen LogP contribution in [0.25, 0.3) is 0 Å². The molecule has 182 valence electrons. The Balaban J connectivity index is 1.79. The molecular weight excluding hydrogens is 456 g/mol. The number of hydrogen-bond donors (Lipinski definition) is 1. The van der Waals surface area contributed by atoms with Crippen LogP contribution in [0.15, 0.2) is 83.8 Å². The zero-order valence-electron chi connectivity index (χ0n) is 20.5. The van der Waals surface area contributed by atoms with Crippen molar-refractivity contribution < 1.29 is 14.7 Å². The Morgan fingerprint density at radius 1 is 1.00 bits per heavy atom. The predicted octanol–water partition coefficient (Wildman–Crippen LogP) is 5.93. The van der Waals surface area contributed by atoms with Crippen LogP contribution >= 0.6 is 11.8 Å². The number of anilines is 1. The van der Waals surface area contributed by atoms with Crippen LogP contribution in [0.5, 0.6) is 0 Å². The van der Waals surface area contributed by atoms with Crippen LogP contribution in [0, 0.1) is 6.92 Å². The van der Waals surface area contributed by atoms with Crippen LogP contribution in [-0.4, -0.2) is 39.7 Å². The summed E-state index contributed by atoms with van der Waals surface area (Å²) in [4.78, 5) is 31.3. The molecule has 0 bridgehead atoms. The molecule has 6 heteroatoms. The Labute approximate surface area is 211 Å². The number of thioether (sulfide) groups is 1. The maximum Gasteiger partial charge on any atom is 0.323 e. The maximum atomic E-state index is 13.4. The molecule has 1 amide bonds. The average molecular weight is 489 g/mol. The van der Waals surface area contributed by atoms with Crippen molar-refractivity contribution in [2.75, 3.05) is 18.0 Å². The fourth-order valence-corrected chi connectivity index (χ4v) is 6.18. The summed E-state index contributed by atoms with van der Waals surface area (Å²) in [7, 11) is 0. The second-order valence-electron chi connectivity index (χ2n) is 8.96. The number of aryl methyl sites for hydroxylation is 1. The third-order valence-electron chi connectivity index (χ3n) is 6.70. The Morgan fingerprint density at radius 2 is 1.63 bits per heavy atom. The first kappa shape index (κ1) is 24.9. The third kappa shape index (κ3) is 5.08. The molecule has 2 atom stereocenters. The van der Waals surface area contributed by atoms with E-state index in [4.69, 9.17) is 0 Å². The van der Waals surface area contributed by atoms with Gasteiger partial charge in [0.1, 0.15) is 0 Å². The number of likely N-dealkylation sites (tertiary alicyclic amines) is 1. The number of nitrogens with zero attached hydrogens (tertiary/aromatic N) is 2. The van der Waals surface area contributed by atoms with Gasteiger partial charge in [0.2, 0.25) is 5.91 Å². The van der Waals surface area contributed by atoms with E-state index in [2.05, 4.69) is 18.7 Å². The highest BCUT2D eigenvalue weighted by molar-refractivity contribution is 8.01. The fraction of sp³-hybridized carbons (Fsp3) is 0.310. The summed E-state index contributed by atoms with van der Waals surface area (Å²) >= 11 is 1.28. The molecule has 3 aromatic rings. The van der Waals surface area contributed by atoms with Crippen molar-refractivity contribution in [3.05, 3.63) is 95.6 Å². The quantitative estimate of drug-likeness (QED) is 0.404. The van der Waals surface area contributed by atoms with Crippen molar-refractivity contribution in [1.82, 2.24) is 4.90 Å². The molecule has 3 aromatic carbocycles. The van der Waals surface area contributed by atoms with Crippen molar-refractivity contribution in [2.24, 2.45) is 0 Å². The lowest BCUT2D eigenvalue weighted by Gasteiger charge is -2.35. The third-order valence-corrected chi connectivity index (χ3v) is 8.12. The molecule has 5 nitrogen and oxygen atoms in total. The zero-order chi connectivity index (χ0) is 25.0. The van der Waals surface area contributed by atoms with Crippen LogP contribution in [0.2, 0.25) is 0 Å². The Morgan fingerprint density at radius 3 is 2.20 bits per heavy atom. The second-order valence-corrected chi connectivity index (χ2v) is 10.4. The first-order valence-electron chi connectivity index (χ1n) is 12.0. The minimum absolute atomic E-state index is 0.0594. The number of benzene rings is 3. The first-order chi connectivity index (χ1) is 16.9. The van der Waals surface area contributed by atoms with Gasteiger partial charge in [0.15, 0.2) is 4.75 Å². The smallest absolute Gasteiger partial charge is 0.323 e. The molecule has 1 fully saturated rings. The summed E-state index contributed by atoms with van der Waals surface area (Å²) in [6.07, 6.45) is -0.0594. The van der Waals surface area contributed by atoms with Gasteiger partial charge >= 0.3 is 5.97 Å². The SMILES string of the molecule is CCN(CC)c1ccc([C@H]2N(Cc3ccccc3)C(=O)C[C@]2(Sc2ccc(C)cc2)C(=O)O)cc1. The van der Waals surface area contributed by atoms with Gasteiger partial charge in [0.25, 0.3) is 0 Å². The van der Waals surface area contributed by atoms with E-state index in [1.807, 2.05) is 85.8 Å². The van der Waals surface area contributed by atoms with Gasteiger partial charge in [-0.05, 0) is 56.2 Å². The fourth-order valence-electron chi connectivity index (χ4n) is 4.83. The first-order valence-corrected chi connectivity index (χ1v) is 12.9. The van der Waals surface area contributed by atoms with Gasteiger partial charge in [-0.15, -0.1) is 11.8 Å². The van der Waals surface area contributed by atoms with Crippen molar-refractivity contribution in [3.8, 4) is 0 Å². The number of carboxylic acids is 1. The monoisotopic (exact) mass is 488 g/mol. The van der Waals surface area contributed by atoms with E-state index in [1.165, 1.54) is 11.8 Å². The Hall–Kier alpha value is -3.25. The molecule has 1 N–H and O–H groups in total. The van der Waals surface area contributed by atoms with Crippen LogP contribution < -0.4 is 4.90 Å². The van der Waals surface area contributed by atoms with Gasteiger partial charge < -0.3 is 14.9 Å². The number of carboxylic acid groups (broad SMARTS) is 1. The summed E-state index contributed by atoms with van der Waals surface area (Å²) in [5.41, 5.74) is 4.01. The molecule has 0 aliphatic carbocycles. The topological polar surface area (TPSA) is 60.9 Å². The lowest BCUT2D eigenvalue weighted by Crippen LogP contribution is -2.41. The molecule has 1 saturated heterocycles. The molecule has 4 rings (SSSR count). The Kier molecular flexibility index (Phi) is 7.51. The number of amides is 1. The minimum atomic E-state index is -1.34. The van der Waals surface area contributed by atoms with E-state index in [0.29, 0.717) is 6.54 Å². The minimum Gasteiger partial charge on any atom is -0.480 e. The summed E-state index contributed by atoms with van der Waals surface area (Å²) in [5.74, 6) is -1.11. The predicted molar refractivity (Wildman–Crippen MR) is 142 cm³/mol. The normalized spacial score (nSPS) is 19.7. The number of aliphatic carboxylic acids is 1. The molecule has 1 heterocycles. The number of rotatable bonds is 9. The van der Waals surface area contributed by atoms with Gasteiger partial charge in [0, 0.05) is 30.2 Å². The zero-order valence-corrected chi connectivity index (χ0v) is 21.3. The van der Waals surface area contributed by atoms with E-state index in [0.717, 1.165) is 40.4 Å². The lowest BCUT2D eigenvalue weighted by molar-refractivity contribution is -0.140. The van der Waals surface area contributed by atoms with E-state index in [1.54, 1.807) is 4.90 Å². The molecule has 0 saturated carbocycles. The van der Waals surface area contributed by atoms with Crippen molar-refractivity contribution in [3.63, 3.8) is 0 Å². The summed E-state index contributed by atoms with van der Waals surface area (Å²) in [5, 5.41) is 10.6. The molecular formula is C29H32N2O3S. The maximum absolute atomic E-state index is 13.4. The Bertz CT molecular complexity index is 1160. The van der Waals surface area contributed by atoms with Crippen LogP contribution in [0.4, 0.5) is 5.69 Å². The summed E-state index contributed by atoms with van der Waals surface area (Å²) in [6, 6.07) is 25.0. The average Bonchev–Trinajstić information content (AvgIpc) is 3.14. The van der Waals surface area contributed by atoms with Gasteiger partial charge in [-0.2, -0.15) is 0 Å². The highest BCUT2D eigenvalue weighted by Gasteiger charge is 2.58. The van der Waals surface area contributed by atoms with Crippen LogP contribution in [-0.2, 0) is 16.1 Å². The van der Waals surface area contributed by atoms with Crippen molar-refractivity contribution >= 4 is 29.3 Å². The van der Waals surface area contributed by atoms with E-state index >= 15 is 0 Å². The highest BCUT2D eigenvalue weighted by atomic mass is 32.2.